The Morgan fingerprint density at radius 1 is 1.19 bits per heavy atom. The van der Waals surface area contributed by atoms with Crippen molar-refractivity contribution in [3.8, 4) is 11.4 Å². The van der Waals surface area contributed by atoms with E-state index in [0.29, 0.717) is 50.2 Å². The lowest BCUT2D eigenvalue weighted by Gasteiger charge is -2.28. The number of carbonyl (C=O) groups excluding carboxylic acids is 1. The number of hydrogen-bond donors (Lipinski definition) is 2. The van der Waals surface area contributed by atoms with E-state index in [-0.39, 0.29) is 5.75 Å². The van der Waals surface area contributed by atoms with Crippen molar-refractivity contribution >= 4 is 32.5 Å². The molecule has 0 radical (unpaired) electrons. The van der Waals surface area contributed by atoms with Gasteiger partial charge < -0.3 is 19.9 Å². The molecule has 2 aromatic heterocycles. The van der Waals surface area contributed by atoms with E-state index in [1.54, 1.807) is 6.07 Å². The van der Waals surface area contributed by atoms with Gasteiger partial charge in [0.25, 0.3) is 0 Å². The van der Waals surface area contributed by atoms with Crippen molar-refractivity contribution < 1.29 is 17.9 Å². The van der Waals surface area contributed by atoms with Gasteiger partial charge in [-0.05, 0) is 30.7 Å². The maximum Gasteiger partial charge on any atom is 0.235 e. The number of ether oxygens (including phenoxy) is 1. The van der Waals surface area contributed by atoms with Gasteiger partial charge in [0.2, 0.25) is 5.91 Å². The van der Waals surface area contributed by atoms with Gasteiger partial charge in [-0.2, -0.15) is 0 Å². The third-order valence-corrected chi connectivity index (χ3v) is 6.64. The third kappa shape index (κ3) is 5.43. The number of nitrogens with zero attached hydrogens (tertiary/aromatic N) is 3. The second-order valence-corrected chi connectivity index (χ2v) is 9.87. The number of aromatic nitrogens is 3. The number of H-pyrrole nitrogens is 1. The third-order valence-electron chi connectivity index (χ3n) is 5.20. The van der Waals surface area contributed by atoms with Crippen LogP contribution in [0.15, 0.2) is 36.5 Å². The number of carbonyl (C=O) groups is 1. The molecule has 1 aliphatic rings. The van der Waals surface area contributed by atoms with E-state index >= 15 is 0 Å². The molecule has 1 aromatic carbocycles. The molecule has 1 fully saturated rings. The molecule has 0 atom stereocenters. The summed E-state index contributed by atoms with van der Waals surface area (Å²) in [6, 6.07) is 9.49. The largest absolute Gasteiger partial charge is 0.378 e. The molecule has 1 amide bonds. The van der Waals surface area contributed by atoms with Crippen LogP contribution in [0.2, 0.25) is 0 Å². The van der Waals surface area contributed by atoms with E-state index in [9.17, 15) is 13.2 Å². The Bertz CT molecular complexity index is 1200. The zero-order chi connectivity index (χ0) is 22.6. The first-order valence-electron chi connectivity index (χ1n) is 10.7. The molecule has 0 saturated carbocycles. The number of hydrogen-bond acceptors (Lipinski definition) is 7. The van der Waals surface area contributed by atoms with Gasteiger partial charge in [-0.1, -0.05) is 6.92 Å². The molecule has 2 N–H and O–H groups in total. The summed E-state index contributed by atoms with van der Waals surface area (Å²) in [4.78, 5) is 26.5. The second kappa shape index (κ2) is 9.66. The molecule has 0 spiro atoms. The van der Waals surface area contributed by atoms with Gasteiger partial charge in [-0.15, -0.1) is 0 Å². The number of fused-ring (bicyclic) bond motifs is 1. The smallest absolute Gasteiger partial charge is 0.235 e. The first kappa shape index (κ1) is 22.2. The van der Waals surface area contributed by atoms with Gasteiger partial charge in [0.15, 0.2) is 15.7 Å². The van der Waals surface area contributed by atoms with Crippen LogP contribution in [0, 0.1) is 0 Å². The Morgan fingerprint density at radius 3 is 2.78 bits per heavy atom. The molecule has 4 rings (SSSR count). The number of benzene rings is 1. The summed E-state index contributed by atoms with van der Waals surface area (Å²) in [7, 11) is -3.69. The maximum atomic E-state index is 12.7. The molecule has 170 valence electrons. The van der Waals surface area contributed by atoms with Crippen molar-refractivity contribution in [3.63, 3.8) is 0 Å². The topological polar surface area (TPSA) is 117 Å². The zero-order valence-electron chi connectivity index (χ0n) is 18.0. The van der Waals surface area contributed by atoms with Crippen molar-refractivity contribution in [1.29, 1.82) is 0 Å². The summed E-state index contributed by atoms with van der Waals surface area (Å²) in [6.07, 6.45) is 2.61. The van der Waals surface area contributed by atoms with Crippen LogP contribution in [0.25, 0.3) is 22.3 Å². The molecular formula is C22H27N5O4S. The monoisotopic (exact) mass is 457 g/mol. The van der Waals surface area contributed by atoms with Gasteiger partial charge in [0.1, 0.15) is 11.6 Å². The molecule has 0 bridgehead atoms. The van der Waals surface area contributed by atoms with E-state index in [1.165, 1.54) is 0 Å². The fourth-order valence-electron chi connectivity index (χ4n) is 3.62. The summed E-state index contributed by atoms with van der Waals surface area (Å²) in [6.45, 7) is 4.86. The summed E-state index contributed by atoms with van der Waals surface area (Å²) in [5, 5.41) is 3.63. The van der Waals surface area contributed by atoms with Gasteiger partial charge in [-0.25, -0.2) is 18.4 Å². The van der Waals surface area contributed by atoms with Crippen LogP contribution in [0.5, 0.6) is 0 Å². The molecule has 9 nitrogen and oxygen atoms in total. The van der Waals surface area contributed by atoms with Crippen LogP contribution >= 0.6 is 0 Å². The van der Waals surface area contributed by atoms with Gasteiger partial charge in [0, 0.05) is 48.4 Å². The average Bonchev–Trinajstić information content (AvgIpc) is 3.25. The van der Waals surface area contributed by atoms with E-state index in [0.717, 1.165) is 22.9 Å². The average molecular weight is 458 g/mol. The van der Waals surface area contributed by atoms with Crippen LogP contribution in [0.1, 0.15) is 19.0 Å². The van der Waals surface area contributed by atoms with Crippen LogP contribution in [-0.2, 0) is 25.1 Å². The highest BCUT2D eigenvalue weighted by Gasteiger charge is 2.21. The van der Waals surface area contributed by atoms with Crippen molar-refractivity contribution in [2.45, 2.75) is 19.1 Å². The number of rotatable bonds is 8. The van der Waals surface area contributed by atoms with E-state index in [1.807, 2.05) is 37.4 Å². The summed E-state index contributed by atoms with van der Waals surface area (Å²) in [5.74, 6) is -0.265. The quantitative estimate of drug-likeness (QED) is 0.530. The SMILES string of the molecule is CCCNC(=O)CS(=O)(=O)Cc1cc(N2CCOCC2)nc(-c2ccc3[nH]ccc3c2)n1. The van der Waals surface area contributed by atoms with Gasteiger partial charge >= 0.3 is 0 Å². The van der Waals surface area contributed by atoms with Crippen LogP contribution in [-0.4, -0.2) is 67.9 Å². The molecule has 0 unspecified atom stereocenters. The number of aromatic amines is 1. The summed E-state index contributed by atoms with van der Waals surface area (Å²) in [5.41, 5.74) is 2.17. The van der Waals surface area contributed by atoms with Crippen molar-refractivity contribution in [1.82, 2.24) is 20.3 Å². The first-order chi connectivity index (χ1) is 15.4. The molecule has 0 aliphatic carbocycles. The minimum absolute atomic E-state index is 0.328. The Hall–Kier alpha value is -2.98. The number of nitrogens with one attached hydrogen (secondary N) is 2. The predicted molar refractivity (Wildman–Crippen MR) is 123 cm³/mol. The lowest BCUT2D eigenvalue weighted by Crippen LogP contribution is -2.37. The molecule has 1 saturated heterocycles. The maximum absolute atomic E-state index is 12.7. The number of sulfone groups is 1. The Labute approximate surface area is 187 Å². The highest BCUT2D eigenvalue weighted by Crippen LogP contribution is 2.25. The van der Waals surface area contributed by atoms with E-state index in [2.05, 4.69) is 20.2 Å². The van der Waals surface area contributed by atoms with Crippen LogP contribution in [0.4, 0.5) is 5.82 Å². The number of morpholine rings is 1. The minimum Gasteiger partial charge on any atom is -0.378 e. The summed E-state index contributed by atoms with van der Waals surface area (Å²) < 4.78 is 30.8. The second-order valence-electron chi connectivity index (χ2n) is 7.80. The molecular weight excluding hydrogens is 430 g/mol. The zero-order valence-corrected chi connectivity index (χ0v) is 18.8. The lowest BCUT2D eigenvalue weighted by atomic mass is 10.1. The molecule has 32 heavy (non-hydrogen) atoms. The van der Waals surface area contributed by atoms with Gasteiger partial charge in [0.05, 0.1) is 24.7 Å². The van der Waals surface area contributed by atoms with Crippen molar-refractivity contribution in [3.05, 3.63) is 42.2 Å². The summed E-state index contributed by atoms with van der Waals surface area (Å²) >= 11 is 0. The Balaban J connectivity index is 1.66. The predicted octanol–water partition coefficient (Wildman–Crippen LogP) is 1.90. The number of amides is 1. The molecule has 3 aromatic rings. The normalized spacial score (nSPS) is 14.6. The van der Waals surface area contributed by atoms with Crippen LogP contribution < -0.4 is 10.2 Å². The fourth-order valence-corrected chi connectivity index (χ4v) is 4.83. The molecule has 1 aliphatic heterocycles. The highest BCUT2D eigenvalue weighted by atomic mass is 32.2. The van der Waals surface area contributed by atoms with Gasteiger partial charge in [-0.3, -0.25) is 4.79 Å². The fraction of sp³-hybridized carbons (Fsp3) is 0.409. The van der Waals surface area contributed by atoms with E-state index < -0.39 is 21.5 Å². The van der Waals surface area contributed by atoms with E-state index in [4.69, 9.17) is 9.72 Å². The first-order valence-corrected chi connectivity index (χ1v) is 12.5. The minimum atomic E-state index is -3.69. The Morgan fingerprint density at radius 2 is 2.00 bits per heavy atom. The Kier molecular flexibility index (Phi) is 6.71. The molecule has 10 heteroatoms. The number of anilines is 1. The lowest BCUT2D eigenvalue weighted by molar-refractivity contribution is -0.118. The standard InChI is InChI=1S/C22H27N5O4S/c1-2-6-24-21(28)15-32(29,30)14-18-13-20(27-8-10-31-11-9-27)26-22(25-18)17-3-4-19-16(12-17)5-7-23-19/h3-5,7,12-13,23H,2,6,8-11,14-15H2,1H3,(H,24,28). The van der Waals surface area contributed by atoms with Crippen LogP contribution in [0.3, 0.4) is 0 Å². The molecule has 3 heterocycles. The highest BCUT2D eigenvalue weighted by molar-refractivity contribution is 7.91. The van der Waals surface area contributed by atoms with Crippen molar-refractivity contribution in [2.24, 2.45) is 0 Å². The van der Waals surface area contributed by atoms with Crippen molar-refractivity contribution in [2.75, 3.05) is 43.5 Å².